The summed E-state index contributed by atoms with van der Waals surface area (Å²) in [6.07, 6.45) is 1.87. The Labute approximate surface area is 180 Å². The van der Waals surface area contributed by atoms with Crippen LogP contribution in [0.1, 0.15) is 24.5 Å². The van der Waals surface area contributed by atoms with E-state index in [9.17, 15) is 4.79 Å². The number of carbonyl (C=O) groups is 1. The van der Waals surface area contributed by atoms with E-state index in [0.29, 0.717) is 24.5 Å². The smallest absolute Gasteiger partial charge is 0.411 e. The molecule has 4 atom stereocenters. The molecule has 0 spiro atoms. The van der Waals surface area contributed by atoms with Gasteiger partial charge in [0.2, 0.25) is 0 Å². The van der Waals surface area contributed by atoms with Crippen molar-refractivity contribution in [1.29, 1.82) is 0 Å². The second-order valence-electron chi connectivity index (χ2n) is 8.18. The summed E-state index contributed by atoms with van der Waals surface area (Å²) in [6.45, 7) is 2.52. The van der Waals surface area contributed by atoms with Crippen LogP contribution in [-0.4, -0.2) is 46.5 Å². The van der Waals surface area contributed by atoms with E-state index in [4.69, 9.17) is 9.84 Å². The van der Waals surface area contributed by atoms with Gasteiger partial charge in [-0.2, -0.15) is 5.10 Å². The molecule has 1 amide bonds. The zero-order valence-corrected chi connectivity index (χ0v) is 17.8. The molecule has 30 heavy (non-hydrogen) atoms. The van der Waals surface area contributed by atoms with Crippen LogP contribution in [0.15, 0.2) is 53.9 Å². The van der Waals surface area contributed by atoms with Crippen molar-refractivity contribution in [3.63, 3.8) is 0 Å². The summed E-state index contributed by atoms with van der Waals surface area (Å²) in [4.78, 5) is 15.8. The number of amides is 1. The molecule has 4 unspecified atom stereocenters. The zero-order chi connectivity index (χ0) is 20.5. The van der Waals surface area contributed by atoms with Gasteiger partial charge in [0.25, 0.3) is 0 Å². The Kier molecular flexibility index (Phi) is 5.31. The summed E-state index contributed by atoms with van der Waals surface area (Å²) in [6, 6.07) is 16.2. The van der Waals surface area contributed by atoms with Crippen LogP contribution >= 0.6 is 11.3 Å². The molecule has 0 aliphatic carbocycles. The van der Waals surface area contributed by atoms with Crippen LogP contribution in [0.3, 0.4) is 0 Å². The van der Waals surface area contributed by atoms with E-state index >= 15 is 0 Å². The van der Waals surface area contributed by atoms with Gasteiger partial charge in [0.1, 0.15) is 12.3 Å². The van der Waals surface area contributed by atoms with Crippen molar-refractivity contribution in [1.82, 2.24) is 14.7 Å². The first kappa shape index (κ1) is 19.3. The second-order valence-corrected chi connectivity index (χ2v) is 9.13. The van der Waals surface area contributed by atoms with Gasteiger partial charge in [-0.15, -0.1) is 11.3 Å². The number of hydrogen-bond donors (Lipinski definition) is 1. The number of aromatic nitrogens is 2. The topological polar surface area (TPSA) is 59.4 Å². The second kappa shape index (κ2) is 8.24. The van der Waals surface area contributed by atoms with E-state index in [0.717, 1.165) is 30.9 Å². The Morgan fingerprint density at radius 2 is 2.13 bits per heavy atom. The van der Waals surface area contributed by atoms with Gasteiger partial charge >= 0.3 is 6.09 Å². The van der Waals surface area contributed by atoms with Gasteiger partial charge in [-0.25, -0.2) is 4.79 Å². The van der Waals surface area contributed by atoms with E-state index in [2.05, 4.69) is 45.5 Å². The Morgan fingerprint density at radius 3 is 2.87 bits per heavy atom. The molecule has 2 aromatic heterocycles. The number of benzene rings is 1. The SMILES string of the molecule is Cn1nc(-c2cccs2)cc1C1CN2CCC1CC2COC(=O)Nc1ccccc1. The summed E-state index contributed by atoms with van der Waals surface area (Å²) < 4.78 is 7.60. The van der Waals surface area contributed by atoms with Gasteiger partial charge in [-0.3, -0.25) is 14.9 Å². The highest BCUT2D eigenvalue weighted by molar-refractivity contribution is 7.13. The predicted octanol–water partition coefficient (Wildman–Crippen LogP) is 4.58. The van der Waals surface area contributed by atoms with Crippen molar-refractivity contribution in [2.45, 2.75) is 24.8 Å². The fourth-order valence-corrected chi connectivity index (χ4v) is 5.55. The Balaban J connectivity index is 1.21. The van der Waals surface area contributed by atoms with Crippen molar-refractivity contribution in [2.24, 2.45) is 13.0 Å². The molecule has 7 heteroatoms. The lowest BCUT2D eigenvalue weighted by Gasteiger charge is -2.49. The molecular weight excluding hydrogens is 396 g/mol. The van der Waals surface area contributed by atoms with Gasteiger partial charge in [-0.05, 0) is 54.9 Å². The number of carbonyl (C=O) groups excluding carboxylic acids is 1. The molecule has 0 radical (unpaired) electrons. The Morgan fingerprint density at radius 1 is 1.27 bits per heavy atom. The molecule has 1 aromatic carbocycles. The lowest BCUT2D eigenvalue weighted by atomic mass is 9.74. The lowest BCUT2D eigenvalue weighted by molar-refractivity contribution is -0.00222. The maximum Gasteiger partial charge on any atom is 0.411 e. The van der Waals surface area contributed by atoms with E-state index in [-0.39, 0.29) is 6.09 Å². The number of nitrogens with one attached hydrogen (secondary N) is 1. The number of nitrogens with zero attached hydrogens (tertiary/aromatic N) is 3. The molecule has 5 heterocycles. The van der Waals surface area contributed by atoms with Crippen molar-refractivity contribution in [3.05, 3.63) is 59.6 Å². The fraction of sp³-hybridized carbons (Fsp3) is 0.391. The standard InChI is InChI=1S/C23H26N4O2S/c1-26-21(13-20(25-26)22-8-5-11-30-22)19-14-27-10-9-16(19)12-18(27)15-29-23(28)24-17-6-3-2-4-7-17/h2-8,11,13,16,18-19H,9-10,12,14-15H2,1H3,(H,24,28). The van der Waals surface area contributed by atoms with Gasteiger partial charge in [0.05, 0.1) is 4.88 Å². The third kappa shape index (κ3) is 3.87. The quantitative estimate of drug-likeness (QED) is 0.654. The van der Waals surface area contributed by atoms with Crippen LogP contribution in [-0.2, 0) is 11.8 Å². The largest absolute Gasteiger partial charge is 0.448 e. The molecule has 156 valence electrons. The molecule has 3 saturated heterocycles. The molecule has 2 bridgehead atoms. The normalized spacial score (nSPS) is 25.2. The summed E-state index contributed by atoms with van der Waals surface area (Å²) >= 11 is 1.73. The van der Waals surface area contributed by atoms with E-state index in [1.165, 1.54) is 17.0 Å². The number of hydrogen-bond acceptors (Lipinski definition) is 5. The first-order chi connectivity index (χ1) is 14.7. The van der Waals surface area contributed by atoms with E-state index in [1.54, 1.807) is 11.3 Å². The minimum Gasteiger partial charge on any atom is -0.448 e. The minimum atomic E-state index is -0.382. The van der Waals surface area contributed by atoms with Gasteiger partial charge in [0.15, 0.2) is 0 Å². The maximum absolute atomic E-state index is 12.1. The number of fused-ring (bicyclic) bond motifs is 3. The maximum atomic E-state index is 12.1. The predicted molar refractivity (Wildman–Crippen MR) is 119 cm³/mol. The van der Waals surface area contributed by atoms with Crippen molar-refractivity contribution >= 4 is 23.1 Å². The average molecular weight is 423 g/mol. The minimum absolute atomic E-state index is 0.298. The number of aryl methyl sites for hydroxylation is 1. The molecule has 6 rings (SSSR count). The monoisotopic (exact) mass is 422 g/mol. The number of thiophene rings is 1. The van der Waals surface area contributed by atoms with Crippen LogP contribution in [0.4, 0.5) is 10.5 Å². The van der Waals surface area contributed by atoms with Crippen molar-refractivity contribution in [2.75, 3.05) is 25.0 Å². The molecule has 3 fully saturated rings. The lowest BCUT2D eigenvalue weighted by Crippen LogP contribution is -2.54. The van der Waals surface area contributed by atoms with Gasteiger partial charge < -0.3 is 4.74 Å². The van der Waals surface area contributed by atoms with Crippen LogP contribution in [0.25, 0.3) is 10.6 Å². The molecule has 3 aliphatic rings. The van der Waals surface area contributed by atoms with E-state index < -0.39 is 0 Å². The average Bonchev–Trinajstić information content (AvgIpc) is 3.43. The molecule has 3 aromatic rings. The summed E-state index contributed by atoms with van der Waals surface area (Å²) in [7, 11) is 2.05. The molecular formula is C23H26N4O2S. The van der Waals surface area contributed by atoms with Crippen LogP contribution in [0, 0.1) is 5.92 Å². The van der Waals surface area contributed by atoms with Gasteiger partial charge in [-0.1, -0.05) is 24.3 Å². The number of anilines is 1. The molecule has 1 N–H and O–H groups in total. The summed E-state index contributed by atoms with van der Waals surface area (Å²) in [5, 5.41) is 9.65. The summed E-state index contributed by atoms with van der Waals surface area (Å²) in [5.74, 6) is 1.09. The van der Waals surface area contributed by atoms with Gasteiger partial charge in [0, 0.05) is 36.9 Å². The van der Waals surface area contributed by atoms with Crippen LogP contribution in [0.5, 0.6) is 0 Å². The molecule has 0 saturated carbocycles. The highest BCUT2D eigenvalue weighted by atomic mass is 32.1. The van der Waals surface area contributed by atoms with Crippen LogP contribution in [0.2, 0.25) is 0 Å². The third-order valence-corrected chi connectivity index (χ3v) is 7.27. The van der Waals surface area contributed by atoms with E-state index in [1.807, 2.05) is 30.3 Å². The molecule has 6 nitrogen and oxygen atoms in total. The molecule has 3 aliphatic heterocycles. The number of piperidine rings is 3. The zero-order valence-electron chi connectivity index (χ0n) is 17.0. The first-order valence-corrected chi connectivity index (χ1v) is 11.4. The summed E-state index contributed by atoms with van der Waals surface area (Å²) in [5.41, 5.74) is 3.14. The Hall–Kier alpha value is -2.64. The Bertz CT molecular complexity index is 1000. The number of ether oxygens (including phenoxy) is 1. The van der Waals surface area contributed by atoms with Crippen molar-refractivity contribution in [3.8, 4) is 10.6 Å². The highest BCUT2D eigenvalue weighted by Gasteiger charge is 2.42. The van der Waals surface area contributed by atoms with Crippen molar-refractivity contribution < 1.29 is 9.53 Å². The fourth-order valence-electron chi connectivity index (χ4n) is 4.87. The number of rotatable bonds is 5. The first-order valence-electron chi connectivity index (χ1n) is 10.5. The third-order valence-electron chi connectivity index (χ3n) is 6.38. The number of para-hydroxylation sites is 1. The van der Waals surface area contributed by atoms with Crippen LogP contribution < -0.4 is 5.32 Å². The highest BCUT2D eigenvalue weighted by Crippen LogP contribution is 2.42.